The van der Waals surface area contributed by atoms with Crippen molar-refractivity contribution >= 4 is 15.9 Å². The first kappa shape index (κ1) is 14.9. The third kappa shape index (κ3) is 3.55. The van der Waals surface area contributed by atoms with Crippen LogP contribution < -0.4 is 10.5 Å². The number of nitrogens with two attached hydrogens (primary N) is 1. The monoisotopic (exact) mass is 300 g/mol. The first-order chi connectivity index (χ1) is 9.38. The lowest BCUT2D eigenvalue weighted by Gasteiger charge is -2.25. The molecule has 0 radical (unpaired) electrons. The highest BCUT2D eigenvalue weighted by Gasteiger charge is 2.19. The fourth-order valence-electron chi connectivity index (χ4n) is 2.12. The lowest BCUT2D eigenvalue weighted by atomic mass is 9.83. The molecule has 1 saturated carbocycles. The maximum Gasteiger partial charge on any atom is 0.254 e. The van der Waals surface area contributed by atoms with Gasteiger partial charge in [0, 0.05) is 6.54 Å². The van der Waals surface area contributed by atoms with Gasteiger partial charge in [-0.1, -0.05) is 19.3 Å². The maximum atomic E-state index is 13.6. The van der Waals surface area contributed by atoms with Crippen molar-refractivity contribution in [3.8, 4) is 0 Å². The number of carbonyl (C=O) groups is 1. The fourth-order valence-corrected chi connectivity index (χ4v) is 2.66. The van der Waals surface area contributed by atoms with Gasteiger partial charge in [0.1, 0.15) is 5.82 Å². The summed E-state index contributed by atoms with van der Waals surface area (Å²) < 4.78 is 36.0. The number of benzene rings is 1. The van der Waals surface area contributed by atoms with Crippen LogP contribution in [-0.4, -0.2) is 20.9 Å². The van der Waals surface area contributed by atoms with E-state index in [1.807, 2.05) is 0 Å². The second kappa shape index (κ2) is 5.88. The Hall–Kier alpha value is -1.47. The van der Waals surface area contributed by atoms with Crippen LogP contribution in [-0.2, 0) is 10.0 Å². The Balaban J connectivity index is 2.04. The minimum atomic E-state index is -3.95. The average molecular weight is 300 g/mol. The second-order valence-corrected chi connectivity index (χ2v) is 6.59. The molecule has 0 heterocycles. The molecule has 5 nitrogen and oxygen atoms in total. The molecule has 1 aromatic carbocycles. The normalized spacial score (nSPS) is 15.7. The Morgan fingerprint density at radius 1 is 1.40 bits per heavy atom. The zero-order valence-electron chi connectivity index (χ0n) is 10.9. The molecule has 0 saturated heterocycles. The van der Waals surface area contributed by atoms with E-state index in [4.69, 9.17) is 5.14 Å². The number of primary sulfonamides is 1. The molecule has 0 aromatic heterocycles. The van der Waals surface area contributed by atoms with Crippen molar-refractivity contribution in [3.63, 3.8) is 0 Å². The van der Waals surface area contributed by atoms with Crippen molar-refractivity contribution < 1.29 is 17.6 Å². The number of rotatable bonds is 5. The van der Waals surface area contributed by atoms with Crippen molar-refractivity contribution in [1.29, 1.82) is 0 Å². The predicted octanol–water partition coefficient (Wildman–Crippen LogP) is 1.39. The van der Waals surface area contributed by atoms with Crippen LogP contribution in [0.3, 0.4) is 0 Å². The van der Waals surface area contributed by atoms with Gasteiger partial charge in [-0.3, -0.25) is 4.79 Å². The number of sulfonamides is 1. The Labute approximate surface area is 117 Å². The molecule has 110 valence electrons. The van der Waals surface area contributed by atoms with Gasteiger partial charge < -0.3 is 5.32 Å². The first-order valence-electron chi connectivity index (χ1n) is 6.48. The molecule has 20 heavy (non-hydrogen) atoms. The predicted molar refractivity (Wildman–Crippen MR) is 72.1 cm³/mol. The fraction of sp³-hybridized carbons (Fsp3) is 0.462. The van der Waals surface area contributed by atoms with Crippen molar-refractivity contribution in [3.05, 3.63) is 29.6 Å². The lowest BCUT2D eigenvalue weighted by Crippen LogP contribution is -2.28. The second-order valence-electron chi connectivity index (χ2n) is 5.03. The van der Waals surface area contributed by atoms with Crippen molar-refractivity contribution in [2.45, 2.75) is 30.6 Å². The summed E-state index contributed by atoms with van der Waals surface area (Å²) >= 11 is 0. The summed E-state index contributed by atoms with van der Waals surface area (Å²) in [6, 6.07) is 2.93. The van der Waals surface area contributed by atoms with Crippen LogP contribution in [0.1, 0.15) is 36.0 Å². The molecule has 1 fully saturated rings. The number of nitrogens with one attached hydrogen (secondary N) is 1. The van der Waals surface area contributed by atoms with E-state index in [9.17, 15) is 17.6 Å². The van der Waals surface area contributed by atoms with Crippen LogP contribution in [0, 0.1) is 11.7 Å². The Morgan fingerprint density at radius 2 is 2.10 bits per heavy atom. The molecular weight excluding hydrogens is 283 g/mol. The summed E-state index contributed by atoms with van der Waals surface area (Å²) in [5, 5.41) is 7.56. The van der Waals surface area contributed by atoms with E-state index in [1.165, 1.54) is 19.3 Å². The van der Waals surface area contributed by atoms with Crippen molar-refractivity contribution in [2.75, 3.05) is 6.54 Å². The number of halogens is 1. The molecule has 1 aliphatic rings. The van der Waals surface area contributed by atoms with Gasteiger partial charge in [0.05, 0.1) is 10.5 Å². The quantitative estimate of drug-likeness (QED) is 0.861. The molecule has 7 heteroatoms. The van der Waals surface area contributed by atoms with Crippen molar-refractivity contribution in [2.24, 2.45) is 11.1 Å². The molecule has 1 amide bonds. The van der Waals surface area contributed by atoms with Gasteiger partial charge in [-0.05, 0) is 30.5 Å². The number of hydrogen-bond donors (Lipinski definition) is 2. The van der Waals surface area contributed by atoms with E-state index < -0.39 is 21.7 Å². The Kier molecular flexibility index (Phi) is 4.39. The third-order valence-electron chi connectivity index (χ3n) is 3.57. The van der Waals surface area contributed by atoms with E-state index >= 15 is 0 Å². The minimum absolute atomic E-state index is 0.275. The Morgan fingerprint density at radius 3 is 2.65 bits per heavy atom. The molecule has 0 aliphatic heterocycles. The lowest BCUT2D eigenvalue weighted by molar-refractivity contribution is 0.0944. The zero-order chi connectivity index (χ0) is 14.8. The minimum Gasteiger partial charge on any atom is -0.352 e. The highest BCUT2D eigenvalue weighted by Crippen LogP contribution is 2.28. The highest BCUT2D eigenvalue weighted by atomic mass is 32.2. The molecule has 0 atom stereocenters. The van der Waals surface area contributed by atoms with E-state index in [-0.39, 0.29) is 10.5 Å². The van der Waals surface area contributed by atoms with E-state index in [1.54, 1.807) is 0 Å². The average Bonchev–Trinajstić information content (AvgIpc) is 2.31. The van der Waals surface area contributed by atoms with Crippen LogP contribution in [0.5, 0.6) is 0 Å². The summed E-state index contributed by atoms with van der Waals surface area (Å²) in [7, 11) is -3.95. The zero-order valence-corrected chi connectivity index (χ0v) is 11.7. The van der Waals surface area contributed by atoms with Gasteiger partial charge in [0.15, 0.2) is 0 Å². The highest BCUT2D eigenvalue weighted by molar-refractivity contribution is 7.89. The van der Waals surface area contributed by atoms with E-state index in [0.717, 1.165) is 24.6 Å². The molecule has 0 bridgehead atoms. The maximum absolute atomic E-state index is 13.6. The molecule has 0 spiro atoms. The number of amides is 1. The van der Waals surface area contributed by atoms with Crippen LogP contribution >= 0.6 is 0 Å². The summed E-state index contributed by atoms with van der Waals surface area (Å²) in [6.07, 6.45) is 4.43. The van der Waals surface area contributed by atoms with Gasteiger partial charge in [-0.15, -0.1) is 0 Å². The molecule has 3 N–H and O–H groups in total. The van der Waals surface area contributed by atoms with Crippen LogP contribution in [0.2, 0.25) is 0 Å². The summed E-state index contributed by atoms with van der Waals surface area (Å²) in [5.74, 6) is -0.748. The molecule has 1 aromatic rings. The van der Waals surface area contributed by atoms with Gasteiger partial charge in [-0.25, -0.2) is 17.9 Å². The number of carbonyl (C=O) groups excluding carboxylic acids is 1. The molecular formula is C13H17FN2O3S. The van der Waals surface area contributed by atoms with Crippen LogP contribution in [0.15, 0.2) is 23.1 Å². The largest absolute Gasteiger partial charge is 0.352 e. The standard InChI is InChI=1S/C13H17FN2O3S/c14-12-5-4-10(20(15,18)19)8-11(12)13(17)16-7-6-9-2-1-3-9/h4-5,8-9H,1-3,6-7H2,(H,16,17)(H2,15,18,19). The van der Waals surface area contributed by atoms with Crippen molar-refractivity contribution in [1.82, 2.24) is 5.32 Å². The topological polar surface area (TPSA) is 89.3 Å². The van der Waals surface area contributed by atoms with E-state index in [0.29, 0.717) is 12.5 Å². The smallest absolute Gasteiger partial charge is 0.254 e. The van der Waals surface area contributed by atoms with Gasteiger partial charge in [-0.2, -0.15) is 0 Å². The SMILES string of the molecule is NS(=O)(=O)c1ccc(F)c(C(=O)NCCC2CCC2)c1. The third-order valence-corrected chi connectivity index (χ3v) is 4.48. The van der Waals surface area contributed by atoms with Gasteiger partial charge in [0.2, 0.25) is 10.0 Å². The Bertz CT molecular complexity index is 612. The molecule has 2 rings (SSSR count). The summed E-state index contributed by atoms with van der Waals surface area (Å²) in [6.45, 7) is 0.461. The van der Waals surface area contributed by atoms with Gasteiger partial charge in [0.25, 0.3) is 5.91 Å². The summed E-state index contributed by atoms with van der Waals surface area (Å²) in [5.41, 5.74) is -0.301. The van der Waals surface area contributed by atoms with Crippen LogP contribution in [0.4, 0.5) is 4.39 Å². The van der Waals surface area contributed by atoms with Crippen LogP contribution in [0.25, 0.3) is 0 Å². The summed E-state index contributed by atoms with van der Waals surface area (Å²) in [4.78, 5) is 11.6. The molecule has 0 unspecified atom stereocenters. The number of hydrogen-bond acceptors (Lipinski definition) is 3. The molecule has 1 aliphatic carbocycles. The first-order valence-corrected chi connectivity index (χ1v) is 8.03. The van der Waals surface area contributed by atoms with Gasteiger partial charge >= 0.3 is 0 Å². The van der Waals surface area contributed by atoms with E-state index in [2.05, 4.69) is 5.32 Å².